The molecule has 3 amide bonds. The molecular formula is C32H36Cl2N4O6. The highest BCUT2D eigenvalue weighted by molar-refractivity contribution is 6.32. The maximum Gasteiger partial charge on any atom is 0.308 e. The summed E-state index contributed by atoms with van der Waals surface area (Å²) in [6.45, 7) is 3.58. The van der Waals surface area contributed by atoms with E-state index in [0.717, 1.165) is 16.5 Å². The van der Waals surface area contributed by atoms with Crippen LogP contribution in [-0.2, 0) is 30.3 Å². The molecule has 0 radical (unpaired) electrons. The van der Waals surface area contributed by atoms with E-state index in [9.17, 15) is 24.3 Å². The second-order valence-electron chi connectivity index (χ2n) is 11.0. The number of ether oxygens (including phenoxy) is 1. The summed E-state index contributed by atoms with van der Waals surface area (Å²) < 4.78 is 5.44. The van der Waals surface area contributed by atoms with Crippen LogP contribution in [0.4, 0.5) is 0 Å². The number of esters is 1. The van der Waals surface area contributed by atoms with Crippen LogP contribution in [0.3, 0.4) is 0 Å². The van der Waals surface area contributed by atoms with Gasteiger partial charge in [0.2, 0.25) is 17.7 Å². The number of hydrogen-bond acceptors (Lipinski definition) is 6. The van der Waals surface area contributed by atoms with E-state index >= 15 is 0 Å². The number of phenols is 1. The van der Waals surface area contributed by atoms with Gasteiger partial charge in [0.15, 0.2) is 0 Å². The molecule has 0 aliphatic carbocycles. The summed E-state index contributed by atoms with van der Waals surface area (Å²) in [6.07, 6.45) is 2.81. The molecule has 0 bridgehead atoms. The average Bonchev–Trinajstić information content (AvgIpc) is 3.31. The lowest BCUT2D eigenvalue weighted by Gasteiger charge is -2.31. The number of carbonyl (C=O) groups is 4. The van der Waals surface area contributed by atoms with Crippen molar-refractivity contribution in [3.05, 3.63) is 75.4 Å². The molecule has 0 spiro atoms. The fourth-order valence-electron chi connectivity index (χ4n) is 5.18. The van der Waals surface area contributed by atoms with E-state index in [2.05, 4.69) is 15.6 Å². The Hall–Kier alpha value is -4.02. The molecule has 2 heterocycles. The number of H-pyrrole nitrogens is 1. The highest BCUT2D eigenvalue weighted by Crippen LogP contribution is 2.30. The number of aromatic nitrogens is 1. The number of phenolic OH excluding ortho intramolecular Hbond substituents is 1. The van der Waals surface area contributed by atoms with Crippen molar-refractivity contribution < 1.29 is 29.0 Å². The van der Waals surface area contributed by atoms with Crippen molar-refractivity contribution in [2.24, 2.45) is 0 Å². The van der Waals surface area contributed by atoms with Crippen molar-refractivity contribution in [3.8, 4) is 5.75 Å². The minimum absolute atomic E-state index is 0.0368. The van der Waals surface area contributed by atoms with Gasteiger partial charge in [-0.05, 0) is 56.0 Å². The number of hydrogen-bond donors (Lipinski definition) is 4. The molecule has 3 unspecified atom stereocenters. The molecule has 4 N–H and O–H groups in total. The molecule has 3 atom stereocenters. The highest BCUT2D eigenvalue weighted by atomic mass is 35.5. The first-order valence-corrected chi connectivity index (χ1v) is 15.1. The van der Waals surface area contributed by atoms with E-state index in [1.807, 2.05) is 37.3 Å². The number of cyclic esters (lactones) is 1. The number of aromatic amines is 1. The summed E-state index contributed by atoms with van der Waals surface area (Å²) >= 11 is 12.8. The predicted octanol–water partition coefficient (Wildman–Crippen LogP) is 4.98. The van der Waals surface area contributed by atoms with E-state index in [4.69, 9.17) is 27.9 Å². The van der Waals surface area contributed by atoms with Gasteiger partial charge in [0.25, 0.3) is 0 Å². The summed E-state index contributed by atoms with van der Waals surface area (Å²) in [5.74, 6) is -2.06. The van der Waals surface area contributed by atoms with Crippen molar-refractivity contribution in [2.75, 3.05) is 13.7 Å². The lowest BCUT2D eigenvalue weighted by molar-refractivity contribution is -0.145. The average molecular weight is 644 g/mol. The van der Waals surface area contributed by atoms with Crippen molar-refractivity contribution in [3.63, 3.8) is 0 Å². The van der Waals surface area contributed by atoms with Gasteiger partial charge < -0.3 is 30.4 Å². The molecule has 10 nitrogen and oxygen atoms in total. The number of aromatic hydroxyl groups is 1. The largest absolute Gasteiger partial charge is 0.506 e. The first kappa shape index (κ1) is 32.9. The molecule has 0 fully saturated rings. The van der Waals surface area contributed by atoms with Gasteiger partial charge in [-0.25, -0.2) is 0 Å². The Bertz CT molecular complexity index is 1590. The van der Waals surface area contributed by atoms with E-state index in [0.29, 0.717) is 29.1 Å². The molecule has 4 rings (SSSR count). The van der Waals surface area contributed by atoms with Crippen LogP contribution in [0.15, 0.2) is 54.1 Å². The summed E-state index contributed by atoms with van der Waals surface area (Å²) in [4.78, 5) is 57.7. The number of nitrogens with zero attached hydrogens (tertiary/aromatic N) is 1. The maximum absolute atomic E-state index is 14.1. The number of allylic oxidation sites excluding steroid dienone is 1. The first-order valence-electron chi connectivity index (χ1n) is 14.4. The summed E-state index contributed by atoms with van der Waals surface area (Å²) in [5.41, 5.74) is 2.81. The zero-order valence-corrected chi connectivity index (χ0v) is 26.3. The number of fused-ring (bicyclic) bond motifs is 1. The normalized spacial score (nSPS) is 22.8. The van der Waals surface area contributed by atoms with E-state index in [1.54, 1.807) is 13.0 Å². The number of carbonyl (C=O) groups excluding carboxylic acids is 4. The third-order valence-corrected chi connectivity index (χ3v) is 8.33. The fourth-order valence-corrected chi connectivity index (χ4v) is 5.65. The van der Waals surface area contributed by atoms with Crippen LogP contribution in [-0.4, -0.2) is 64.4 Å². The Balaban J connectivity index is 1.73. The Labute approximate surface area is 265 Å². The molecule has 0 saturated heterocycles. The minimum Gasteiger partial charge on any atom is -0.506 e. The van der Waals surface area contributed by atoms with Gasteiger partial charge in [0, 0.05) is 30.8 Å². The van der Waals surface area contributed by atoms with Gasteiger partial charge in [-0.15, -0.1) is 0 Å². The number of para-hydroxylation sites is 1. The smallest absolute Gasteiger partial charge is 0.308 e. The van der Waals surface area contributed by atoms with Crippen molar-refractivity contribution in [1.29, 1.82) is 0 Å². The first-order chi connectivity index (χ1) is 20.9. The van der Waals surface area contributed by atoms with Gasteiger partial charge in [-0.1, -0.05) is 59.1 Å². The van der Waals surface area contributed by atoms with Crippen LogP contribution < -0.4 is 10.6 Å². The topological polar surface area (TPSA) is 141 Å². The quantitative estimate of drug-likeness (QED) is 0.235. The standard InChI is InChI=1S/C32H36Cl2N4O6/c1-18-7-6-14-44-29(41)17-25(20-11-12-27(39)23(33)15-20)37-31(42)26(38(3)32(43)19(2)35-28(40)13-10-18)16-22-21-8-4-5-9-24(21)36-30(22)34/h4-5,7-9,11-12,15,19,25-26,36,39H,6,10,13-14,16-17H2,1-3H3,(H,35,40)(H,37,42)/b18-7+. The predicted molar refractivity (Wildman–Crippen MR) is 168 cm³/mol. The molecular weight excluding hydrogens is 607 g/mol. The fraction of sp³-hybridized carbons (Fsp3) is 0.375. The molecule has 1 aliphatic heterocycles. The molecule has 234 valence electrons. The SMILES string of the molecule is C/C1=C\CCOC(=O)CC(c2ccc(O)c(Cl)c2)NC(=O)C(Cc2c(Cl)[nH]c3ccccc23)N(C)C(=O)C(C)NC(=O)CC1. The van der Waals surface area contributed by atoms with Crippen LogP contribution >= 0.6 is 23.2 Å². The third-order valence-electron chi connectivity index (χ3n) is 7.71. The molecule has 1 aromatic heterocycles. The molecule has 44 heavy (non-hydrogen) atoms. The number of rotatable bonds is 3. The Kier molecular flexibility index (Phi) is 10.9. The number of likely N-dealkylation sites (N-methyl/N-ethyl adjacent to an activating group) is 1. The molecule has 0 saturated carbocycles. The van der Waals surface area contributed by atoms with Crippen molar-refractivity contribution in [1.82, 2.24) is 20.5 Å². The monoisotopic (exact) mass is 642 g/mol. The number of nitrogens with one attached hydrogen (secondary N) is 3. The van der Waals surface area contributed by atoms with Gasteiger partial charge in [-0.3, -0.25) is 19.2 Å². The summed E-state index contributed by atoms with van der Waals surface area (Å²) in [7, 11) is 1.49. The maximum atomic E-state index is 14.1. The van der Waals surface area contributed by atoms with Crippen LogP contribution in [0, 0.1) is 0 Å². The molecule has 12 heteroatoms. The Morgan fingerprint density at radius 1 is 1.05 bits per heavy atom. The second-order valence-corrected chi connectivity index (χ2v) is 11.7. The number of amides is 3. The molecule has 3 aromatic rings. The highest BCUT2D eigenvalue weighted by Gasteiger charge is 2.34. The van der Waals surface area contributed by atoms with Gasteiger partial charge in [0.05, 0.1) is 24.1 Å². The van der Waals surface area contributed by atoms with Gasteiger partial charge in [0.1, 0.15) is 23.0 Å². The van der Waals surface area contributed by atoms with Crippen LogP contribution in [0.5, 0.6) is 5.75 Å². The molecule has 2 aromatic carbocycles. The van der Waals surface area contributed by atoms with E-state index in [-0.39, 0.29) is 42.5 Å². The summed E-state index contributed by atoms with van der Waals surface area (Å²) in [5, 5.41) is 16.8. The van der Waals surface area contributed by atoms with Gasteiger partial charge >= 0.3 is 5.97 Å². The lowest BCUT2D eigenvalue weighted by Crippen LogP contribution is -2.54. The van der Waals surface area contributed by atoms with E-state index in [1.165, 1.54) is 24.1 Å². The lowest BCUT2D eigenvalue weighted by atomic mass is 9.99. The van der Waals surface area contributed by atoms with Crippen LogP contribution in [0.25, 0.3) is 10.9 Å². The minimum atomic E-state index is -1.09. The molecule has 1 aliphatic rings. The number of benzene rings is 2. The zero-order chi connectivity index (χ0) is 32.0. The number of halogens is 2. The second kappa shape index (κ2) is 14.6. The van der Waals surface area contributed by atoms with Crippen molar-refractivity contribution in [2.45, 2.75) is 64.1 Å². The Morgan fingerprint density at radius 3 is 2.55 bits per heavy atom. The Morgan fingerprint density at radius 2 is 1.80 bits per heavy atom. The zero-order valence-electron chi connectivity index (χ0n) is 24.8. The van der Waals surface area contributed by atoms with E-state index < -0.39 is 35.9 Å². The summed E-state index contributed by atoms with van der Waals surface area (Å²) in [6, 6.07) is 8.91. The third kappa shape index (κ3) is 8.12. The van der Waals surface area contributed by atoms with Crippen molar-refractivity contribution >= 4 is 57.8 Å². The van der Waals surface area contributed by atoms with Gasteiger partial charge in [-0.2, -0.15) is 0 Å². The van der Waals surface area contributed by atoms with Crippen LogP contribution in [0.2, 0.25) is 10.2 Å². The van der Waals surface area contributed by atoms with Crippen LogP contribution in [0.1, 0.15) is 56.7 Å².